The van der Waals surface area contributed by atoms with Crippen molar-refractivity contribution in [2.75, 3.05) is 20.0 Å². The summed E-state index contributed by atoms with van der Waals surface area (Å²) >= 11 is 0. The fraction of sp³-hybridized carbons (Fsp3) is 0.409. The minimum Gasteiger partial charge on any atom is -0.480 e. The monoisotopic (exact) mass is 888 g/mol. The van der Waals surface area contributed by atoms with E-state index in [1.165, 1.54) is 12.1 Å². The zero-order valence-electron chi connectivity index (χ0n) is 35.2. The standard InChI is InChI=1S/C18H23FN2O4.C16H20N2O4.C9H11FO3S.CH4/c1-18(2,3)25-17(24)20-14(16(22)23)10-12-11-21(9-8-19)15-7-5-4-6-13(12)15;1-16(2,3)22-15(21)18-13(14(19)20)8-10-9-17-12-7-5-4-6-11(10)12;1-8-2-4-9(5-3-8)14(11,12)13-7-6-10;/h4-7,11,14H,8-10H2,1-3H3,(H,20,24)(H,22,23);4-7,9,13,17H,8H2,1-3H3,(H,18,21)(H,19,20);2-5H,6-7H2,1H3;1H4/t14-;13-;;/m11../s1. The molecule has 0 saturated carbocycles. The normalized spacial score (nSPS) is 12.3. The van der Waals surface area contributed by atoms with Crippen molar-refractivity contribution >= 4 is 56.0 Å². The summed E-state index contributed by atoms with van der Waals surface area (Å²) in [7, 11) is -3.78. The number of carbonyl (C=O) groups is 4. The maximum atomic E-state index is 12.7. The average molecular weight is 889 g/mol. The number of rotatable bonds is 14. The Morgan fingerprint density at radius 1 is 0.742 bits per heavy atom. The van der Waals surface area contributed by atoms with Crippen LogP contribution in [0.15, 0.2) is 90.1 Å². The molecule has 15 nitrogen and oxygen atoms in total. The molecule has 62 heavy (non-hydrogen) atoms. The van der Waals surface area contributed by atoms with Gasteiger partial charge in [-0.15, -0.1) is 0 Å². The van der Waals surface area contributed by atoms with Gasteiger partial charge in [0.15, 0.2) is 0 Å². The minimum absolute atomic E-state index is 0. The summed E-state index contributed by atoms with van der Waals surface area (Å²) in [4.78, 5) is 49.7. The van der Waals surface area contributed by atoms with E-state index >= 15 is 0 Å². The predicted molar refractivity (Wildman–Crippen MR) is 232 cm³/mol. The number of halogens is 2. The van der Waals surface area contributed by atoms with E-state index in [2.05, 4.69) is 19.8 Å². The molecule has 0 saturated heterocycles. The maximum absolute atomic E-state index is 12.7. The Morgan fingerprint density at radius 3 is 1.74 bits per heavy atom. The number of carboxylic acid groups (broad SMARTS) is 2. The van der Waals surface area contributed by atoms with Gasteiger partial charge in [-0.1, -0.05) is 61.5 Å². The minimum atomic E-state index is -3.78. The number of aromatic nitrogens is 2. The number of aliphatic carboxylic acids is 2. The molecule has 0 radical (unpaired) electrons. The Hall–Kier alpha value is -6.01. The highest BCUT2D eigenvalue weighted by Crippen LogP contribution is 2.23. The van der Waals surface area contributed by atoms with E-state index in [-0.39, 0.29) is 31.7 Å². The molecule has 0 fully saturated rings. The van der Waals surface area contributed by atoms with Crippen LogP contribution in [0.4, 0.5) is 18.4 Å². The van der Waals surface area contributed by atoms with Gasteiger partial charge in [0.2, 0.25) is 0 Å². The van der Waals surface area contributed by atoms with Crippen LogP contribution in [-0.4, -0.2) is 95.5 Å². The largest absolute Gasteiger partial charge is 0.480 e. The van der Waals surface area contributed by atoms with Gasteiger partial charge >= 0.3 is 24.1 Å². The lowest BCUT2D eigenvalue weighted by molar-refractivity contribution is -0.140. The van der Waals surface area contributed by atoms with Gasteiger partial charge in [-0.2, -0.15) is 8.42 Å². The van der Waals surface area contributed by atoms with Crippen LogP contribution in [0.2, 0.25) is 0 Å². The van der Waals surface area contributed by atoms with Crippen LogP contribution >= 0.6 is 0 Å². The smallest absolute Gasteiger partial charge is 0.408 e. The molecule has 5 N–H and O–H groups in total. The van der Waals surface area contributed by atoms with Crippen molar-refractivity contribution < 1.29 is 60.2 Å². The lowest BCUT2D eigenvalue weighted by atomic mass is 10.1. The van der Waals surface area contributed by atoms with Crippen molar-refractivity contribution in [3.8, 4) is 0 Å². The van der Waals surface area contributed by atoms with Crippen LogP contribution < -0.4 is 10.6 Å². The van der Waals surface area contributed by atoms with Crippen LogP contribution in [0.5, 0.6) is 0 Å². The number of carbonyl (C=O) groups excluding carboxylic acids is 2. The second-order valence-corrected chi connectivity index (χ2v) is 17.3. The Kier molecular flexibility index (Phi) is 19.6. The number of para-hydroxylation sites is 2. The van der Waals surface area contributed by atoms with Crippen LogP contribution in [0.3, 0.4) is 0 Å². The molecule has 2 atom stereocenters. The van der Waals surface area contributed by atoms with E-state index in [0.717, 1.165) is 38.5 Å². The first-order chi connectivity index (χ1) is 28.5. The number of nitrogens with zero attached hydrogens (tertiary/aromatic N) is 1. The van der Waals surface area contributed by atoms with Gasteiger partial charge in [0.25, 0.3) is 10.1 Å². The van der Waals surface area contributed by atoms with Gasteiger partial charge < -0.3 is 39.9 Å². The molecule has 2 heterocycles. The Morgan fingerprint density at radius 2 is 1.24 bits per heavy atom. The first kappa shape index (κ1) is 52.1. The number of alkyl carbamates (subject to hydrolysis) is 2. The molecular formula is C44H58F2N4O11S. The van der Waals surface area contributed by atoms with Crippen molar-refractivity contribution in [1.29, 1.82) is 0 Å². The number of aryl methyl sites for hydroxylation is 2. The molecule has 0 aliphatic heterocycles. The third-order valence-corrected chi connectivity index (χ3v) is 9.65. The molecule has 2 aromatic heterocycles. The Balaban J connectivity index is 0.000000330. The molecular weight excluding hydrogens is 831 g/mol. The highest BCUT2D eigenvalue weighted by atomic mass is 32.2. The number of ether oxygens (including phenoxy) is 2. The van der Waals surface area contributed by atoms with E-state index in [1.807, 2.05) is 55.5 Å². The van der Waals surface area contributed by atoms with Crippen LogP contribution in [0.25, 0.3) is 21.8 Å². The first-order valence-electron chi connectivity index (χ1n) is 19.2. The molecule has 2 amide bonds. The number of fused-ring (bicyclic) bond motifs is 2. The van der Waals surface area contributed by atoms with E-state index in [1.54, 1.807) is 70.6 Å². The number of benzene rings is 3. The third-order valence-electron chi connectivity index (χ3n) is 8.32. The van der Waals surface area contributed by atoms with Gasteiger partial charge in [-0.05, 0) is 83.9 Å². The van der Waals surface area contributed by atoms with Crippen molar-refractivity contribution in [1.82, 2.24) is 20.2 Å². The topological polar surface area (TPSA) is 215 Å². The van der Waals surface area contributed by atoms with Crippen molar-refractivity contribution in [3.05, 3.63) is 102 Å². The summed E-state index contributed by atoms with van der Waals surface area (Å²) in [5, 5.41) is 25.3. The number of hydrogen-bond acceptors (Lipinski definition) is 9. The van der Waals surface area contributed by atoms with Gasteiger partial charge in [-0.3, -0.25) is 4.18 Å². The van der Waals surface area contributed by atoms with Crippen molar-refractivity contribution in [2.24, 2.45) is 0 Å². The molecule has 0 bridgehead atoms. The van der Waals surface area contributed by atoms with Crippen molar-refractivity contribution in [2.45, 2.75) is 103 Å². The van der Waals surface area contributed by atoms with Crippen molar-refractivity contribution in [3.63, 3.8) is 0 Å². The summed E-state index contributed by atoms with van der Waals surface area (Å²) in [6.07, 6.45) is 2.23. The molecule has 0 aliphatic rings. The van der Waals surface area contributed by atoms with E-state index in [4.69, 9.17) is 9.47 Å². The predicted octanol–water partition coefficient (Wildman–Crippen LogP) is 8.13. The summed E-state index contributed by atoms with van der Waals surface area (Å²) < 4.78 is 63.5. The van der Waals surface area contributed by atoms with E-state index < -0.39 is 77.5 Å². The zero-order valence-corrected chi connectivity index (χ0v) is 36.0. The van der Waals surface area contributed by atoms with Gasteiger partial charge in [0, 0.05) is 47.0 Å². The van der Waals surface area contributed by atoms with E-state index in [0.29, 0.717) is 0 Å². The second-order valence-electron chi connectivity index (χ2n) is 15.7. The number of alkyl halides is 2. The summed E-state index contributed by atoms with van der Waals surface area (Å²) in [6, 6.07) is 19.0. The maximum Gasteiger partial charge on any atom is 0.408 e. The molecule has 340 valence electrons. The fourth-order valence-corrected chi connectivity index (χ4v) is 6.60. The lowest BCUT2D eigenvalue weighted by Gasteiger charge is -2.22. The van der Waals surface area contributed by atoms with Gasteiger partial charge in [0.1, 0.15) is 36.6 Å². The number of aromatic amines is 1. The Bertz CT molecular complexity index is 2350. The molecule has 3 aromatic carbocycles. The highest BCUT2D eigenvalue weighted by molar-refractivity contribution is 7.86. The number of nitrogens with one attached hydrogen (secondary N) is 3. The number of amides is 2. The first-order valence-corrected chi connectivity index (χ1v) is 20.6. The van der Waals surface area contributed by atoms with Crippen LogP contribution in [0.1, 0.15) is 65.7 Å². The van der Waals surface area contributed by atoms with E-state index in [9.17, 15) is 46.6 Å². The molecule has 0 spiro atoms. The lowest BCUT2D eigenvalue weighted by Crippen LogP contribution is -2.44. The summed E-state index contributed by atoms with van der Waals surface area (Å²) in [6.45, 7) is 10.5. The van der Waals surface area contributed by atoms with Gasteiger partial charge in [-0.25, -0.2) is 28.0 Å². The van der Waals surface area contributed by atoms with Crippen LogP contribution in [0, 0.1) is 6.92 Å². The zero-order chi connectivity index (χ0) is 45.5. The molecule has 5 rings (SSSR count). The SMILES string of the molecule is C.CC(C)(C)OC(=O)N[C@H](Cc1c[nH]c2ccccc12)C(=O)O.CC(C)(C)OC(=O)N[C@H](Cc1cn(CCF)c2ccccc12)C(=O)O.Cc1ccc(S(=O)(=O)OCCF)cc1. The second kappa shape index (κ2) is 23.3. The van der Waals surface area contributed by atoms with Gasteiger partial charge in [0.05, 0.1) is 18.0 Å². The molecule has 5 aromatic rings. The summed E-state index contributed by atoms with van der Waals surface area (Å²) in [5.74, 6) is -2.26. The number of carboxylic acids is 2. The fourth-order valence-electron chi connectivity index (χ4n) is 5.72. The number of H-pyrrole nitrogens is 1. The summed E-state index contributed by atoms with van der Waals surface area (Å²) in [5.41, 5.74) is 2.88. The molecule has 0 aliphatic carbocycles. The molecule has 0 unspecified atom stereocenters. The average Bonchev–Trinajstić information content (AvgIpc) is 3.73. The number of hydrogen-bond donors (Lipinski definition) is 5. The Labute approximate surface area is 360 Å². The van der Waals surface area contributed by atoms with Crippen LogP contribution in [-0.2, 0) is 52.8 Å². The molecule has 18 heteroatoms. The third kappa shape index (κ3) is 16.8. The highest BCUT2D eigenvalue weighted by Gasteiger charge is 2.27. The quantitative estimate of drug-likeness (QED) is 0.0671.